The molecule has 1 aliphatic rings. The van der Waals surface area contributed by atoms with Crippen molar-refractivity contribution in [2.24, 2.45) is 11.7 Å². The first-order chi connectivity index (χ1) is 8.13. The van der Waals surface area contributed by atoms with E-state index in [-0.39, 0.29) is 12.3 Å². The maximum Gasteiger partial charge on any atom is 0.271 e. The average Bonchev–Trinajstić information content (AvgIpc) is 3.04. The van der Waals surface area contributed by atoms with Crippen molar-refractivity contribution in [1.82, 2.24) is 15.0 Å². The third-order valence-corrected chi connectivity index (χ3v) is 2.88. The molecule has 1 saturated carbocycles. The van der Waals surface area contributed by atoms with Crippen LogP contribution in [-0.4, -0.2) is 39.2 Å². The molecule has 0 spiro atoms. The van der Waals surface area contributed by atoms with E-state index in [2.05, 4.69) is 10.3 Å². The van der Waals surface area contributed by atoms with Crippen molar-refractivity contribution in [3.63, 3.8) is 0 Å². The number of aromatic nitrogens is 3. The van der Waals surface area contributed by atoms with Crippen molar-refractivity contribution in [1.29, 1.82) is 0 Å². The number of nitrogens with zero attached hydrogens (tertiary/aromatic N) is 3. The van der Waals surface area contributed by atoms with Gasteiger partial charge in [0.15, 0.2) is 5.69 Å². The maximum absolute atomic E-state index is 11.1. The molecule has 7 nitrogen and oxygen atoms in total. The number of methoxy groups -OCH3 is 1. The van der Waals surface area contributed by atoms with E-state index in [0.717, 1.165) is 12.8 Å². The average molecular weight is 240 g/mol. The van der Waals surface area contributed by atoms with Crippen LogP contribution in [0.15, 0.2) is 0 Å². The molecule has 7 heteroatoms. The monoisotopic (exact) mass is 240 g/mol. The maximum atomic E-state index is 11.1. The lowest BCUT2D eigenvalue weighted by Gasteiger charge is -2.11. The molecule has 1 heterocycles. The molecule has 0 aromatic carbocycles. The molecule has 94 valence electrons. The summed E-state index contributed by atoms with van der Waals surface area (Å²) < 4.78 is 6.48. The van der Waals surface area contributed by atoms with Crippen LogP contribution in [0.2, 0.25) is 0 Å². The number of hydrogen-bond donors (Lipinski definition) is 2. The molecule has 1 atom stereocenters. The first-order valence-electron chi connectivity index (χ1n) is 5.52. The zero-order valence-electron chi connectivity index (χ0n) is 9.67. The Hall–Kier alpha value is -1.47. The largest absolute Gasteiger partial charge is 0.391 e. The van der Waals surface area contributed by atoms with Gasteiger partial charge in [-0.2, -0.15) is 0 Å². The Morgan fingerprint density at radius 1 is 1.71 bits per heavy atom. The van der Waals surface area contributed by atoms with Crippen molar-refractivity contribution < 1.29 is 14.6 Å². The lowest BCUT2D eigenvalue weighted by Crippen LogP contribution is -2.22. The molecule has 0 bridgehead atoms. The van der Waals surface area contributed by atoms with Crippen LogP contribution >= 0.6 is 0 Å². The molecule has 1 amide bonds. The Labute approximate surface area is 98.5 Å². The zero-order valence-corrected chi connectivity index (χ0v) is 9.67. The Morgan fingerprint density at radius 2 is 2.41 bits per heavy atom. The van der Waals surface area contributed by atoms with Crippen LogP contribution in [0.3, 0.4) is 0 Å². The van der Waals surface area contributed by atoms with E-state index in [0.29, 0.717) is 18.2 Å². The van der Waals surface area contributed by atoms with Gasteiger partial charge in [-0.05, 0) is 18.8 Å². The summed E-state index contributed by atoms with van der Waals surface area (Å²) >= 11 is 0. The van der Waals surface area contributed by atoms with Gasteiger partial charge >= 0.3 is 0 Å². The Kier molecular flexibility index (Phi) is 3.39. The molecular formula is C10H16N4O3. The fourth-order valence-electron chi connectivity index (χ4n) is 1.76. The van der Waals surface area contributed by atoms with Crippen LogP contribution in [0.4, 0.5) is 0 Å². The fraction of sp³-hybridized carbons (Fsp3) is 0.700. The zero-order chi connectivity index (χ0) is 12.4. The quantitative estimate of drug-likeness (QED) is 0.684. The predicted octanol–water partition coefficient (Wildman–Crippen LogP) is -0.706. The number of hydrogen-bond acceptors (Lipinski definition) is 5. The van der Waals surface area contributed by atoms with Gasteiger partial charge in [0.2, 0.25) is 0 Å². The smallest absolute Gasteiger partial charge is 0.271 e. The lowest BCUT2D eigenvalue weighted by atomic mass is 10.2. The standard InChI is InChI=1S/C10H16N4O3/c1-17-5-7-9(10(11)16)12-13-14(7)4-8(15)6-2-3-6/h6,8,15H,2-5H2,1H3,(H2,11,16). The Morgan fingerprint density at radius 3 is 2.94 bits per heavy atom. The van der Waals surface area contributed by atoms with Crippen LogP contribution in [0.1, 0.15) is 29.0 Å². The second-order valence-electron chi connectivity index (χ2n) is 4.27. The van der Waals surface area contributed by atoms with Crippen LogP contribution in [-0.2, 0) is 17.9 Å². The number of ether oxygens (including phenoxy) is 1. The highest BCUT2D eigenvalue weighted by molar-refractivity contribution is 5.91. The second-order valence-corrected chi connectivity index (χ2v) is 4.27. The number of aliphatic hydroxyl groups excluding tert-OH is 1. The van der Waals surface area contributed by atoms with Gasteiger partial charge in [0.05, 0.1) is 24.9 Å². The summed E-state index contributed by atoms with van der Waals surface area (Å²) in [7, 11) is 1.51. The molecule has 17 heavy (non-hydrogen) atoms. The molecule has 0 saturated heterocycles. The molecule has 0 radical (unpaired) electrons. The molecule has 1 fully saturated rings. The van der Waals surface area contributed by atoms with E-state index >= 15 is 0 Å². The minimum Gasteiger partial charge on any atom is -0.391 e. The number of amides is 1. The van der Waals surface area contributed by atoms with Gasteiger partial charge in [-0.1, -0.05) is 5.21 Å². The van der Waals surface area contributed by atoms with Crippen LogP contribution in [0.5, 0.6) is 0 Å². The summed E-state index contributed by atoms with van der Waals surface area (Å²) in [5, 5.41) is 17.4. The minimum absolute atomic E-state index is 0.106. The minimum atomic E-state index is -0.635. The number of nitrogens with two attached hydrogens (primary N) is 1. The molecule has 0 aliphatic heterocycles. The van der Waals surface area contributed by atoms with Crippen LogP contribution in [0.25, 0.3) is 0 Å². The normalized spacial score (nSPS) is 17.1. The Bertz CT molecular complexity index is 414. The van der Waals surface area contributed by atoms with E-state index in [9.17, 15) is 9.90 Å². The molecule has 1 aromatic rings. The van der Waals surface area contributed by atoms with Crippen molar-refractivity contribution in [3.8, 4) is 0 Å². The molecule has 1 aromatic heterocycles. The summed E-state index contributed by atoms with van der Waals surface area (Å²) in [5.74, 6) is -0.296. The van der Waals surface area contributed by atoms with Gasteiger partial charge in [-0.25, -0.2) is 4.68 Å². The second kappa shape index (κ2) is 4.80. The van der Waals surface area contributed by atoms with E-state index in [1.165, 1.54) is 11.8 Å². The van der Waals surface area contributed by atoms with Gasteiger partial charge in [0, 0.05) is 7.11 Å². The fourth-order valence-corrected chi connectivity index (χ4v) is 1.76. The molecule has 3 N–H and O–H groups in total. The highest BCUT2D eigenvalue weighted by Crippen LogP contribution is 2.33. The number of carbonyl (C=O) groups excluding carboxylic acids is 1. The summed E-state index contributed by atoms with van der Waals surface area (Å²) in [6.45, 7) is 0.520. The van der Waals surface area contributed by atoms with Crippen molar-refractivity contribution in [3.05, 3.63) is 11.4 Å². The van der Waals surface area contributed by atoms with Gasteiger partial charge in [0.1, 0.15) is 0 Å². The Balaban J connectivity index is 2.16. The van der Waals surface area contributed by atoms with E-state index in [4.69, 9.17) is 10.5 Å². The summed E-state index contributed by atoms with van der Waals surface area (Å²) in [5.41, 5.74) is 5.81. The topological polar surface area (TPSA) is 103 Å². The van der Waals surface area contributed by atoms with Gasteiger partial charge in [0.25, 0.3) is 5.91 Å². The molecule has 1 aliphatic carbocycles. The number of aliphatic hydroxyl groups is 1. The van der Waals surface area contributed by atoms with Crippen LogP contribution < -0.4 is 5.73 Å². The van der Waals surface area contributed by atoms with E-state index in [1.54, 1.807) is 0 Å². The summed E-state index contributed by atoms with van der Waals surface area (Å²) in [6, 6.07) is 0. The number of carbonyl (C=O) groups is 1. The molecule has 1 unspecified atom stereocenters. The number of primary amides is 1. The van der Waals surface area contributed by atoms with E-state index in [1.807, 2.05) is 0 Å². The molecular weight excluding hydrogens is 224 g/mol. The first-order valence-corrected chi connectivity index (χ1v) is 5.52. The summed E-state index contributed by atoms with van der Waals surface area (Å²) in [6.07, 6.45) is 1.63. The lowest BCUT2D eigenvalue weighted by molar-refractivity contribution is 0.0986. The van der Waals surface area contributed by atoms with Crippen molar-refractivity contribution in [2.75, 3.05) is 7.11 Å². The molecule has 2 rings (SSSR count). The first kappa shape index (κ1) is 12.0. The van der Waals surface area contributed by atoms with Gasteiger partial charge in [-0.15, -0.1) is 5.10 Å². The number of rotatable bonds is 6. The third-order valence-electron chi connectivity index (χ3n) is 2.88. The van der Waals surface area contributed by atoms with Crippen molar-refractivity contribution >= 4 is 5.91 Å². The van der Waals surface area contributed by atoms with Crippen LogP contribution in [0, 0.1) is 5.92 Å². The predicted molar refractivity (Wildman–Crippen MR) is 58.0 cm³/mol. The van der Waals surface area contributed by atoms with Crippen molar-refractivity contribution in [2.45, 2.75) is 32.1 Å². The SMILES string of the molecule is COCc1c(C(N)=O)nnn1CC(O)C1CC1. The highest BCUT2D eigenvalue weighted by Gasteiger charge is 2.31. The van der Waals surface area contributed by atoms with Gasteiger partial charge in [-0.3, -0.25) is 4.79 Å². The highest BCUT2D eigenvalue weighted by atomic mass is 16.5. The van der Waals surface area contributed by atoms with Gasteiger partial charge < -0.3 is 15.6 Å². The third kappa shape index (κ3) is 2.62. The van der Waals surface area contributed by atoms with E-state index < -0.39 is 12.0 Å². The summed E-state index contributed by atoms with van der Waals surface area (Å²) in [4.78, 5) is 11.1.